The van der Waals surface area contributed by atoms with Crippen LogP contribution in [0.3, 0.4) is 0 Å². The van der Waals surface area contributed by atoms with E-state index in [9.17, 15) is 0 Å². The molecule has 2 unspecified atom stereocenters. The molecule has 0 bridgehead atoms. The van der Waals surface area contributed by atoms with Crippen LogP contribution in [-0.2, 0) is 0 Å². The SMILES string of the molecule is CCC1CCC(NCC2CNNC2c2cccnc2)CC1. The van der Waals surface area contributed by atoms with Crippen LogP contribution in [0.25, 0.3) is 0 Å². The van der Waals surface area contributed by atoms with Crippen LogP contribution in [0.2, 0.25) is 0 Å². The molecule has 21 heavy (non-hydrogen) atoms. The summed E-state index contributed by atoms with van der Waals surface area (Å²) in [7, 11) is 0. The summed E-state index contributed by atoms with van der Waals surface area (Å²) < 4.78 is 0. The Kier molecular flexibility index (Phi) is 5.22. The fraction of sp³-hybridized carbons (Fsp3) is 0.706. The molecule has 0 spiro atoms. The minimum Gasteiger partial charge on any atom is -0.314 e. The molecule has 4 heteroatoms. The molecule has 2 aliphatic rings. The van der Waals surface area contributed by atoms with Crippen molar-refractivity contribution in [3.05, 3.63) is 30.1 Å². The van der Waals surface area contributed by atoms with E-state index in [1.165, 1.54) is 37.7 Å². The minimum absolute atomic E-state index is 0.373. The highest BCUT2D eigenvalue weighted by Crippen LogP contribution is 2.28. The van der Waals surface area contributed by atoms with Gasteiger partial charge in [-0.25, -0.2) is 5.43 Å². The van der Waals surface area contributed by atoms with Crippen molar-refractivity contribution in [2.45, 2.75) is 51.1 Å². The van der Waals surface area contributed by atoms with Crippen molar-refractivity contribution >= 4 is 0 Å². The first-order chi connectivity index (χ1) is 10.4. The lowest BCUT2D eigenvalue weighted by atomic mass is 9.84. The Morgan fingerprint density at radius 2 is 2.14 bits per heavy atom. The maximum absolute atomic E-state index is 4.24. The van der Waals surface area contributed by atoms with E-state index in [0.29, 0.717) is 12.0 Å². The highest BCUT2D eigenvalue weighted by atomic mass is 15.4. The van der Waals surface area contributed by atoms with Crippen molar-refractivity contribution in [1.29, 1.82) is 0 Å². The number of pyridine rings is 1. The molecule has 0 amide bonds. The Hall–Kier alpha value is -0.970. The molecule has 1 saturated carbocycles. The number of nitrogens with zero attached hydrogens (tertiary/aromatic N) is 1. The van der Waals surface area contributed by atoms with Gasteiger partial charge in [-0.05, 0) is 43.2 Å². The lowest BCUT2D eigenvalue weighted by Crippen LogP contribution is -2.38. The Balaban J connectivity index is 1.49. The maximum Gasteiger partial charge on any atom is 0.0530 e. The number of hydrogen-bond donors (Lipinski definition) is 3. The van der Waals surface area contributed by atoms with Crippen LogP contribution in [0, 0.1) is 11.8 Å². The molecule has 3 rings (SSSR count). The molecule has 0 aromatic carbocycles. The summed E-state index contributed by atoms with van der Waals surface area (Å²) in [5, 5.41) is 3.81. The number of nitrogens with one attached hydrogen (secondary N) is 3. The van der Waals surface area contributed by atoms with Gasteiger partial charge in [-0.2, -0.15) is 0 Å². The molecule has 1 aliphatic heterocycles. The van der Waals surface area contributed by atoms with Gasteiger partial charge in [0.05, 0.1) is 6.04 Å². The summed E-state index contributed by atoms with van der Waals surface area (Å²) in [5.41, 5.74) is 7.99. The predicted octanol–water partition coefficient (Wildman–Crippen LogP) is 2.41. The molecule has 0 radical (unpaired) electrons. The van der Waals surface area contributed by atoms with Gasteiger partial charge in [0.2, 0.25) is 0 Å². The molecule has 3 N–H and O–H groups in total. The van der Waals surface area contributed by atoms with Gasteiger partial charge in [-0.15, -0.1) is 0 Å². The standard InChI is InChI=1S/C17H28N4/c1-2-13-5-7-16(8-6-13)19-11-15-12-20-21-17(15)14-4-3-9-18-10-14/h3-4,9-10,13,15-17,19-21H,2,5-8,11-12H2,1H3. The Labute approximate surface area is 128 Å². The highest BCUT2D eigenvalue weighted by Gasteiger charge is 2.29. The normalized spacial score (nSPS) is 33.2. The van der Waals surface area contributed by atoms with Crippen LogP contribution in [0.4, 0.5) is 0 Å². The van der Waals surface area contributed by atoms with Crippen LogP contribution in [0.1, 0.15) is 50.6 Å². The molecule has 1 aromatic rings. The molecular formula is C17H28N4. The number of hydrogen-bond acceptors (Lipinski definition) is 4. The van der Waals surface area contributed by atoms with Gasteiger partial charge in [0, 0.05) is 37.4 Å². The Morgan fingerprint density at radius 3 is 2.86 bits per heavy atom. The molecule has 2 fully saturated rings. The van der Waals surface area contributed by atoms with Crippen molar-refractivity contribution in [3.63, 3.8) is 0 Å². The smallest absolute Gasteiger partial charge is 0.0530 e. The zero-order valence-electron chi connectivity index (χ0n) is 13.0. The van der Waals surface area contributed by atoms with Gasteiger partial charge in [-0.3, -0.25) is 10.4 Å². The van der Waals surface area contributed by atoms with Gasteiger partial charge in [0.1, 0.15) is 0 Å². The molecule has 2 atom stereocenters. The van der Waals surface area contributed by atoms with Gasteiger partial charge < -0.3 is 5.32 Å². The first kappa shape index (κ1) is 14.9. The number of hydrazine groups is 1. The molecule has 4 nitrogen and oxygen atoms in total. The zero-order chi connectivity index (χ0) is 14.5. The van der Waals surface area contributed by atoms with Crippen LogP contribution in [-0.4, -0.2) is 24.1 Å². The van der Waals surface area contributed by atoms with E-state index < -0.39 is 0 Å². The second-order valence-corrected chi connectivity index (χ2v) is 6.58. The Morgan fingerprint density at radius 1 is 1.29 bits per heavy atom. The predicted molar refractivity (Wildman–Crippen MR) is 85.6 cm³/mol. The van der Waals surface area contributed by atoms with Crippen LogP contribution in [0.5, 0.6) is 0 Å². The van der Waals surface area contributed by atoms with Crippen molar-refractivity contribution in [1.82, 2.24) is 21.2 Å². The summed E-state index contributed by atoms with van der Waals surface area (Å²) in [4.78, 5) is 4.24. The second-order valence-electron chi connectivity index (χ2n) is 6.58. The van der Waals surface area contributed by atoms with Gasteiger partial charge >= 0.3 is 0 Å². The summed E-state index contributed by atoms with van der Waals surface area (Å²) in [6, 6.07) is 5.28. The van der Waals surface area contributed by atoms with Crippen molar-refractivity contribution in [2.75, 3.05) is 13.1 Å². The van der Waals surface area contributed by atoms with E-state index in [2.05, 4.69) is 34.1 Å². The van der Waals surface area contributed by atoms with E-state index in [4.69, 9.17) is 0 Å². The molecule has 1 aromatic heterocycles. The van der Waals surface area contributed by atoms with Gasteiger partial charge in [-0.1, -0.05) is 19.4 Å². The highest BCUT2D eigenvalue weighted by molar-refractivity contribution is 5.16. The summed E-state index contributed by atoms with van der Waals surface area (Å²) >= 11 is 0. The lowest BCUT2D eigenvalue weighted by molar-refractivity contribution is 0.274. The Bertz CT molecular complexity index is 414. The van der Waals surface area contributed by atoms with Gasteiger partial charge in [0.15, 0.2) is 0 Å². The van der Waals surface area contributed by atoms with E-state index in [0.717, 1.165) is 25.0 Å². The molecule has 116 valence electrons. The van der Waals surface area contributed by atoms with E-state index in [-0.39, 0.29) is 0 Å². The zero-order valence-corrected chi connectivity index (χ0v) is 13.0. The number of rotatable bonds is 5. The second kappa shape index (κ2) is 7.34. The lowest BCUT2D eigenvalue weighted by Gasteiger charge is -2.30. The molecule has 2 heterocycles. The average Bonchev–Trinajstić information content (AvgIpc) is 3.03. The summed E-state index contributed by atoms with van der Waals surface area (Å²) in [6.07, 6.45) is 10.7. The third kappa shape index (κ3) is 3.82. The molecule has 1 aliphatic carbocycles. The first-order valence-corrected chi connectivity index (χ1v) is 8.48. The topological polar surface area (TPSA) is 49.0 Å². The van der Waals surface area contributed by atoms with Gasteiger partial charge in [0.25, 0.3) is 0 Å². The number of aromatic nitrogens is 1. The minimum atomic E-state index is 0.373. The van der Waals surface area contributed by atoms with Crippen molar-refractivity contribution in [2.24, 2.45) is 11.8 Å². The van der Waals surface area contributed by atoms with Crippen molar-refractivity contribution < 1.29 is 0 Å². The summed E-state index contributed by atoms with van der Waals surface area (Å²) in [6.45, 7) is 4.44. The first-order valence-electron chi connectivity index (χ1n) is 8.48. The third-order valence-corrected chi connectivity index (χ3v) is 5.23. The van der Waals surface area contributed by atoms with E-state index in [1.54, 1.807) is 0 Å². The van der Waals surface area contributed by atoms with Crippen LogP contribution < -0.4 is 16.2 Å². The molecule has 1 saturated heterocycles. The fourth-order valence-corrected chi connectivity index (χ4v) is 3.73. The summed E-state index contributed by atoms with van der Waals surface area (Å²) in [5.74, 6) is 1.57. The van der Waals surface area contributed by atoms with Crippen molar-refractivity contribution in [3.8, 4) is 0 Å². The van der Waals surface area contributed by atoms with Crippen LogP contribution >= 0.6 is 0 Å². The fourth-order valence-electron chi connectivity index (χ4n) is 3.73. The van der Waals surface area contributed by atoms with E-state index >= 15 is 0 Å². The third-order valence-electron chi connectivity index (χ3n) is 5.23. The molecular weight excluding hydrogens is 260 g/mol. The quantitative estimate of drug-likeness (QED) is 0.779. The average molecular weight is 288 g/mol. The monoisotopic (exact) mass is 288 g/mol. The van der Waals surface area contributed by atoms with Crippen LogP contribution in [0.15, 0.2) is 24.5 Å². The largest absolute Gasteiger partial charge is 0.314 e. The van der Waals surface area contributed by atoms with E-state index in [1.807, 2.05) is 18.5 Å². The maximum atomic E-state index is 4.24.